The number of hydrogen-bond acceptors (Lipinski definition) is 4. The van der Waals surface area contributed by atoms with Gasteiger partial charge in [-0.3, -0.25) is 10.1 Å². The average Bonchev–Trinajstić information content (AvgIpc) is 3.04. The number of anilines is 1. The van der Waals surface area contributed by atoms with Gasteiger partial charge >= 0.3 is 6.01 Å². The van der Waals surface area contributed by atoms with Crippen LogP contribution in [0.4, 0.5) is 6.01 Å². The third-order valence-corrected chi connectivity index (χ3v) is 4.24. The first kappa shape index (κ1) is 18.1. The van der Waals surface area contributed by atoms with Crippen molar-refractivity contribution in [1.82, 2.24) is 10.2 Å². The van der Waals surface area contributed by atoms with Crippen LogP contribution in [-0.2, 0) is 17.6 Å². The van der Waals surface area contributed by atoms with Crippen molar-refractivity contribution in [3.05, 3.63) is 76.1 Å². The number of amides is 1. The van der Waals surface area contributed by atoms with Gasteiger partial charge in [0.25, 0.3) is 0 Å². The third kappa shape index (κ3) is 4.92. The van der Waals surface area contributed by atoms with E-state index in [1.807, 2.05) is 12.1 Å². The van der Waals surface area contributed by atoms with Crippen molar-refractivity contribution < 1.29 is 9.21 Å². The average molecular weight is 370 g/mol. The van der Waals surface area contributed by atoms with Gasteiger partial charge in [0.05, 0.1) is 12.8 Å². The molecule has 5 nitrogen and oxygen atoms in total. The molecule has 2 aromatic carbocycles. The van der Waals surface area contributed by atoms with Gasteiger partial charge in [0.2, 0.25) is 11.8 Å². The molecule has 1 aromatic heterocycles. The number of benzene rings is 2. The van der Waals surface area contributed by atoms with Crippen LogP contribution >= 0.6 is 11.6 Å². The Morgan fingerprint density at radius 3 is 2.35 bits per heavy atom. The quantitative estimate of drug-likeness (QED) is 0.688. The molecule has 0 aliphatic heterocycles. The lowest BCUT2D eigenvalue weighted by Gasteiger charge is -2.05. The van der Waals surface area contributed by atoms with Crippen LogP contribution in [0, 0.1) is 0 Å². The molecule has 0 saturated heterocycles. The molecule has 0 fully saturated rings. The zero-order valence-corrected chi connectivity index (χ0v) is 15.5. The highest BCUT2D eigenvalue weighted by Crippen LogP contribution is 2.17. The lowest BCUT2D eigenvalue weighted by molar-refractivity contribution is -0.115. The predicted octanol–water partition coefficient (Wildman–Crippen LogP) is 4.62. The monoisotopic (exact) mass is 369 g/mol. The van der Waals surface area contributed by atoms with Crippen molar-refractivity contribution in [2.45, 2.75) is 32.6 Å². The van der Waals surface area contributed by atoms with E-state index >= 15 is 0 Å². The molecule has 0 aliphatic rings. The molecule has 1 heterocycles. The lowest BCUT2D eigenvalue weighted by Crippen LogP contribution is -2.14. The Balaban J connectivity index is 1.57. The molecule has 1 amide bonds. The van der Waals surface area contributed by atoms with E-state index in [1.54, 1.807) is 12.1 Å². The Bertz CT molecular complexity index is 871. The largest absolute Gasteiger partial charge is 0.407 e. The van der Waals surface area contributed by atoms with Crippen LogP contribution in [0.1, 0.15) is 42.3 Å². The fraction of sp³-hybridized carbons (Fsp3) is 0.250. The standard InChI is InChI=1S/C20H20ClN3O2/c1-13(2)16-7-3-15(4-8-16)12-19-23-24-20(26-19)22-18(25)11-14-5-9-17(21)10-6-14/h3-10,13H,11-12H2,1-2H3,(H,22,24,25). The molecule has 3 aromatic rings. The molecule has 0 spiro atoms. The molecule has 0 unspecified atom stereocenters. The number of aromatic nitrogens is 2. The summed E-state index contributed by atoms with van der Waals surface area (Å²) >= 11 is 5.84. The molecule has 6 heteroatoms. The van der Waals surface area contributed by atoms with E-state index in [-0.39, 0.29) is 18.3 Å². The fourth-order valence-electron chi connectivity index (χ4n) is 2.52. The van der Waals surface area contributed by atoms with Gasteiger partial charge < -0.3 is 4.42 Å². The van der Waals surface area contributed by atoms with Crippen molar-refractivity contribution in [1.29, 1.82) is 0 Å². The van der Waals surface area contributed by atoms with Crippen LogP contribution in [0.3, 0.4) is 0 Å². The summed E-state index contributed by atoms with van der Waals surface area (Å²) in [6, 6.07) is 15.5. The highest BCUT2D eigenvalue weighted by Gasteiger charge is 2.11. The maximum absolute atomic E-state index is 12.1. The van der Waals surface area contributed by atoms with Crippen molar-refractivity contribution in [2.24, 2.45) is 0 Å². The summed E-state index contributed by atoms with van der Waals surface area (Å²) in [5.41, 5.74) is 3.23. The molecule has 1 N–H and O–H groups in total. The van der Waals surface area contributed by atoms with Gasteiger partial charge in [-0.2, -0.15) is 0 Å². The molecular weight excluding hydrogens is 350 g/mol. The molecule has 134 valence electrons. The summed E-state index contributed by atoms with van der Waals surface area (Å²) in [4.78, 5) is 12.1. The fourth-order valence-corrected chi connectivity index (χ4v) is 2.65. The molecule has 26 heavy (non-hydrogen) atoms. The van der Waals surface area contributed by atoms with Crippen molar-refractivity contribution in [2.75, 3.05) is 5.32 Å². The Hall–Kier alpha value is -2.66. The number of nitrogens with zero attached hydrogens (tertiary/aromatic N) is 2. The first-order valence-corrected chi connectivity index (χ1v) is 8.83. The maximum Gasteiger partial charge on any atom is 0.322 e. The van der Waals surface area contributed by atoms with Crippen molar-refractivity contribution >= 4 is 23.5 Å². The molecule has 0 radical (unpaired) electrons. The van der Waals surface area contributed by atoms with Crippen LogP contribution in [0.25, 0.3) is 0 Å². The van der Waals surface area contributed by atoms with Gasteiger partial charge in [0.1, 0.15) is 0 Å². The van der Waals surface area contributed by atoms with Crippen LogP contribution in [0.2, 0.25) is 5.02 Å². The van der Waals surface area contributed by atoms with E-state index in [0.29, 0.717) is 23.3 Å². The Labute approximate surface area is 157 Å². The normalized spacial score (nSPS) is 10.9. The van der Waals surface area contributed by atoms with Gasteiger partial charge in [-0.05, 0) is 34.7 Å². The van der Waals surface area contributed by atoms with Gasteiger partial charge in [-0.1, -0.05) is 66.9 Å². The second kappa shape index (κ2) is 8.15. The van der Waals surface area contributed by atoms with E-state index < -0.39 is 0 Å². The molecule has 0 bridgehead atoms. The SMILES string of the molecule is CC(C)c1ccc(Cc2nnc(NC(=O)Cc3ccc(Cl)cc3)o2)cc1. The Kier molecular flexibility index (Phi) is 5.68. The zero-order valence-electron chi connectivity index (χ0n) is 14.7. The van der Waals surface area contributed by atoms with Gasteiger partial charge in [-0.25, -0.2) is 0 Å². The molecular formula is C20H20ClN3O2. The summed E-state index contributed by atoms with van der Waals surface area (Å²) in [6.07, 6.45) is 0.740. The summed E-state index contributed by atoms with van der Waals surface area (Å²) in [5.74, 6) is 0.739. The smallest absolute Gasteiger partial charge is 0.322 e. The summed E-state index contributed by atoms with van der Waals surface area (Å²) < 4.78 is 5.52. The zero-order chi connectivity index (χ0) is 18.5. The third-order valence-electron chi connectivity index (χ3n) is 3.99. The van der Waals surface area contributed by atoms with E-state index in [2.05, 4.69) is 53.6 Å². The summed E-state index contributed by atoms with van der Waals surface area (Å²) in [5, 5.41) is 11.1. The number of nitrogens with one attached hydrogen (secondary N) is 1. The van der Waals surface area contributed by atoms with E-state index in [9.17, 15) is 4.79 Å². The van der Waals surface area contributed by atoms with E-state index in [0.717, 1.165) is 11.1 Å². The highest BCUT2D eigenvalue weighted by molar-refractivity contribution is 6.30. The van der Waals surface area contributed by atoms with Crippen LogP contribution in [-0.4, -0.2) is 16.1 Å². The minimum atomic E-state index is -0.219. The second-order valence-corrected chi connectivity index (χ2v) is 6.86. The molecule has 0 atom stereocenters. The van der Waals surface area contributed by atoms with Gasteiger partial charge in [0, 0.05) is 5.02 Å². The second-order valence-electron chi connectivity index (χ2n) is 6.43. The highest BCUT2D eigenvalue weighted by atomic mass is 35.5. The van der Waals surface area contributed by atoms with Gasteiger partial charge in [0.15, 0.2) is 0 Å². The van der Waals surface area contributed by atoms with Crippen molar-refractivity contribution in [3.8, 4) is 0 Å². The Morgan fingerprint density at radius 1 is 1.04 bits per heavy atom. The van der Waals surface area contributed by atoms with Crippen LogP contribution < -0.4 is 5.32 Å². The predicted molar refractivity (Wildman–Crippen MR) is 101 cm³/mol. The molecule has 3 rings (SSSR count). The minimum Gasteiger partial charge on any atom is -0.407 e. The molecule has 0 aliphatic carbocycles. The van der Waals surface area contributed by atoms with Crippen LogP contribution in [0.5, 0.6) is 0 Å². The number of carbonyl (C=O) groups is 1. The van der Waals surface area contributed by atoms with Gasteiger partial charge in [-0.15, -0.1) is 5.10 Å². The first-order valence-electron chi connectivity index (χ1n) is 8.45. The van der Waals surface area contributed by atoms with E-state index in [1.165, 1.54) is 5.56 Å². The number of halogens is 1. The minimum absolute atomic E-state index is 0.109. The number of carbonyl (C=O) groups excluding carboxylic acids is 1. The summed E-state index contributed by atoms with van der Waals surface area (Å²) in [6.45, 7) is 4.32. The topological polar surface area (TPSA) is 68.0 Å². The van der Waals surface area contributed by atoms with Crippen molar-refractivity contribution in [3.63, 3.8) is 0 Å². The summed E-state index contributed by atoms with van der Waals surface area (Å²) in [7, 11) is 0. The Morgan fingerprint density at radius 2 is 1.69 bits per heavy atom. The van der Waals surface area contributed by atoms with Crippen LogP contribution in [0.15, 0.2) is 52.9 Å². The van der Waals surface area contributed by atoms with E-state index in [4.69, 9.17) is 16.0 Å². The first-order chi connectivity index (χ1) is 12.5. The maximum atomic E-state index is 12.1. The molecule has 0 saturated carbocycles. The number of hydrogen-bond donors (Lipinski definition) is 1. The lowest BCUT2D eigenvalue weighted by atomic mass is 10.0. The number of rotatable bonds is 6.